The van der Waals surface area contributed by atoms with Gasteiger partial charge in [0.1, 0.15) is 0 Å². The number of rotatable bonds is 6. The van der Waals surface area contributed by atoms with Gasteiger partial charge in [0.2, 0.25) is 0 Å². The molecule has 21 heavy (non-hydrogen) atoms. The Morgan fingerprint density at radius 1 is 1.29 bits per heavy atom. The van der Waals surface area contributed by atoms with E-state index in [1.165, 1.54) is 31.2 Å². The van der Waals surface area contributed by atoms with E-state index < -0.39 is 0 Å². The summed E-state index contributed by atoms with van der Waals surface area (Å²) in [6.07, 6.45) is 6.20. The molecule has 2 rings (SSSR count). The lowest BCUT2D eigenvalue weighted by Crippen LogP contribution is -2.28. The Hall–Kier alpha value is -1.77. The summed E-state index contributed by atoms with van der Waals surface area (Å²) in [6, 6.07) is 8.20. The van der Waals surface area contributed by atoms with Gasteiger partial charge in [-0.2, -0.15) is 9.59 Å². The fourth-order valence-electron chi connectivity index (χ4n) is 2.74. The Bertz CT molecular complexity index is 473. The van der Waals surface area contributed by atoms with Crippen molar-refractivity contribution in [3.63, 3.8) is 0 Å². The zero-order valence-corrected chi connectivity index (χ0v) is 12.6. The van der Waals surface area contributed by atoms with Crippen LogP contribution in [0.2, 0.25) is 0 Å². The highest BCUT2D eigenvalue weighted by molar-refractivity contribution is 5.82. The second-order valence-corrected chi connectivity index (χ2v) is 5.57. The molecule has 1 aromatic carbocycles. The molecule has 1 saturated carbocycles. The van der Waals surface area contributed by atoms with E-state index in [4.69, 9.17) is 9.59 Å². The van der Waals surface area contributed by atoms with Crippen LogP contribution in [0.5, 0.6) is 0 Å². The number of benzene rings is 1. The van der Waals surface area contributed by atoms with Gasteiger partial charge < -0.3 is 5.32 Å². The molecular weight excluding hydrogens is 266 g/mol. The van der Waals surface area contributed by atoms with Crippen LogP contribution in [0.15, 0.2) is 24.3 Å². The van der Waals surface area contributed by atoms with E-state index in [-0.39, 0.29) is 6.15 Å². The average molecular weight is 289 g/mol. The van der Waals surface area contributed by atoms with Crippen LogP contribution in [-0.4, -0.2) is 25.0 Å². The molecule has 0 radical (unpaired) electrons. The third-order valence-corrected chi connectivity index (χ3v) is 3.71. The van der Waals surface area contributed by atoms with Gasteiger partial charge in [0.25, 0.3) is 0 Å². The molecule has 0 aromatic heterocycles. The van der Waals surface area contributed by atoms with Crippen molar-refractivity contribution in [2.24, 2.45) is 5.92 Å². The van der Waals surface area contributed by atoms with Crippen LogP contribution < -0.4 is 5.32 Å². The van der Waals surface area contributed by atoms with Gasteiger partial charge in [-0.1, -0.05) is 42.7 Å². The van der Waals surface area contributed by atoms with E-state index in [0.717, 1.165) is 18.0 Å². The van der Waals surface area contributed by atoms with E-state index >= 15 is 0 Å². The standard InChI is InChI=1S/C16H23NO.CO2/c1-13-5-4-8-15(9-13)10-16(18)12-17-11-14-6-2-3-7-14;2-1-3/h4-5,8-9,14,17H,2-3,6-7,10-12H2,1H3;. The first-order valence-electron chi connectivity index (χ1n) is 7.43. The molecule has 4 heteroatoms. The Morgan fingerprint density at radius 2 is 1.95 bits per heavy atom. The normalized spacial score (nSPS) is 14.1. The van der Waals surface area contributed by atoms with Gasteiger partial charge in [-0.25, -0.2) is 0 Å². The van der Waals surface area contributed by atoms with E-state index in [0.29, 0.717) is 18.7 Å². The maximum absolute atomic E-state index is 11.8. The minimum absolute atomic E-state index is 0.250. The molecule has 114 valence electrons. The predicted molar refractivity (Wildman–Crippen MR) is 79.7 cm³/mol. The number of nitrogens with one attached hydrogen (secondary N) is 1. The lowest BCUT2D eigenvalue weighted by Gasteiger charge is -2.10. The smallest absolute Gasteiger partial charge is 0.310 e. The zero-order valence-electron chi connectivity index (χ0n) is 12.6. The highest BCUT2D eigenvalue weighted by atomic mass is 16.2. The summed E-state index contributed by atoms with van der Waals surface area (Å²) in [4.78, 5) is 28.1. The third kappa shape index (κ3) is 7.54. The highest BCUT2D eigenvalue weighted by Crippen LogP contribution is 2.23. The van der Waals surface area contributed by atoms with E-state index in [2.05, 4.69) is 24.4 Å². The van der Waals surface area contributed by atoms with Crippen molar-refractivity contribution in [1.29, 1.82) is 0 Å². The summed E-state index contributed by atoms with van der Waals surface area (Å²) in [6.45, 7) is 3.59. The average Bonchev–Trinajstić information content (AvgIpc) is 2.93. The van der Waals surface area contributed by atoms with Crippen molar-refractivity contribution in [2.75, 3.05) is 13.1 Å². The fraction of sp³-hybridized carbons (Fsp3) is 0.529. The van der Waals surface area contributed by atoms with Crippen molar-refractivity contribution in [1.82, 2.24) is 5.32 Å². The molecule has 1 N–H and O–H groups in total. The number of hydrogen-bond acceptors (Lipinski definition) is 4. The molecule has 0 heterocycles. The second-order valence-electron chi connectivity index (χ2n) is 5.57. The Balaban J connectivity index is 0.000000677. The van der Waals surface area contributed by atoms with Crippen LogP contribution in [0.3, 0.4) is 0 Å². The monoisotopic (exact) mass is 289 g/mol. The molecule has 1 fully saturated rings. The first-order chi connectivity index (χ1) is 10.2. The number of ketones is 1. The van der Waals surface area contributed by atoms with Crippen molar-refractivity contribution in [3.05, 3.63) is 35.4 Å². The molecular formula is C17H23NO3. The maximum atomic E-state index is 11.8. The van der Waals surface area contributed by atoms with Crippen LogP contribution in [0.25, 0.3) is 0 Å². The minimum Gasteiger partial charge on any atom is -0.310 e. The topological polar surface area (TPSA) is 63.2 Å². The van der Waals surface area contributed by atoms with Crippen molar-refractivity contribution >= 4 is 11.9 Å². The number of hydrogen-bond donors (Lipinski definition) is 1. The Labute approximate surface area is 125 Å². The minimum atomic E-state index is 0.250. The van der Waals surface area contributed by atoms with Crippen molar-refractivity contribution in [3.8, 4) is 0 Å². The molecule has 0 amide bonds. The summed E-state index contributed by atoms with van der Waals surface area (Å²) < 4.78 is 0. The van der Waals surface area contributed by atoms with E-state index in [9.17, 15) is 4.79 Å². The molecule has 0 atom stereocenters. The second kappa shape index (κ2) is 10.0. The summed E-state index contributed by atoms with van der Waals surface area (Å²) in [7, 11) is 0. The number of carbonyl (C=O) groups is 1. The molecule has 0 spiro atoms. The molecule has 4 nitrogen and oxygen atoms in total. The molecule has 1 aromatic rings. The van der Waals surface area contributed by atoms with Crippen molar-refractivity contribution in [2.45, 2.75) is 39.0 Å². The van der Waals surface area contributed by atoms with Gasteiger partial charge in [0.15, 0.2) is 5.78 Å². The lowest BCUT2D eigenvalue weighted by atomic mass is 10.1. The van der Waals surface area contributed by atoms with E-state index in [1.54, 1.807) is 0 Å². The molecule has 0 saturated heterocycles. The molecule has 0 unspecified atom stereocenters. The SMILES string of the molecule is Cc1cccc(CC(=O)CNCC2CCCC2)c1.O=C=O. The van der Waals surface area contributed by atoms with Gasteiger partial charge >= 0.3 is 6.15 Å². The van der Waals surface area contributed by atoms with Crippen LogP contribution in [0.4, 0.5) is 0 Å². The number of aryl methyl sites for hydroxylation is 1. The Morgan fingerprint density at radius 3 is 2.57 bits per heavy atom. The van der Waals surface area contributed by atoms with Gasteiger partial charge in [0.05, 0.1) is 6.54 Å². The first kappa shape index (κ1) is 17.3. The van der Waals surface area contributed by atoms with Gasteiger partial charge in [-0.3, -0.25) is 4.79 Å². The predicted octanol–water partition coefficient (Wildman–Crippen LogP) is 2.30. The van der Waals surface area contributed by atoms with Gasteiger partial charge in [-0.15, -0.1) is 0 Å². The highest BCUT2D eigenvalue weighted by Gasteiger charge is 2.14. The summed E-state index contributed by atoms with van der Waals surface area (Å²) >= 11 is 0. The van der Waals surface area contributed by atoms with Crippen molar-refractivity contribution < 1.29 is 14.4 Å². The van der Waals surface area contributed by atoms with Crippen LogP contribution in [-0.2, 0) is 20.8 Å². The van der Waals surface area contributed by atoms with Crippen LogP contribution in [0, 0.1) is 12.8 Å². The number of carbonyl (C=O) groups excluding carboxylic acids is 3. The van der Waals surface area contributed by atoms with Gasteiger partial charge in [-0.05, 0) is 37.8 Å². The summed E-state index contributed by atoms with van der Waals surface area (Å²) in [5.41, 5.74) is 2.35. The molecule has 1 aliphatic rings. The summed E-state index contributed by atoms with van der Waals surface area (Å²) in [5.74, 6) is 1.09. The number of Topliss-reactive ketones (excluding diaryl/α,β-unsaturated/α-hetero) is 1. The first-order valence-corrected chi connectivity index (χ1v) is 7.43. The Kier molecular flexibility index (Phi) is 8.25. The molecule has 0 aliphatic heterocycles. The quantitative estimate of drug-likeness (QED) is 0.873. The van der Waals surface area contributed by atoms with Crippen LogP contribution >= 0.6 is 0 Å². The zero-order chi connectivity index (χ0) is 15.5. The largest absolute Gasteiger partial charge is 0.373 e. The fourth-order valence-corrected chi connectivity index (χ4v) is 2.74. The third-order valence-electron chi connectivity index (χ3n) is 3.71. The van der Waals surface area contributed by atoms with E-state index in [1.807, 2.05) is 12.1 Å². The summed E-state index contributed by atoms with van der Waals surface area (Å²) in [5, 5.41) is 3.31. The maximum Gasteiger partial charge on any atom is 0.373 e. The van der Waals surface area contributed by atoms with Crippen LogP contribution in [0.1, 0.15) is 36.8 Å². The lowest BCUT2D eigenvalue weighted by molar-refractivity contribution is -0.191. The van der Waals surface area contributed by atoms with Gasteiger partial charge in [0, 0.05) is 6.42 Å². The molecule has 1 aliphatic carbocycles. The molecule has 0 bridgehead atoms.